The SMILES string of the molecule is Cc1cc(Br)ccc1OCC1CCNC1.Cl. The van der Waals surface area contributed by atoms with Gasteiger partial charge in [-0.05, 0) is 43.7 Å². The second-order valence-electron chi connectivity index (χ2n) is 4.08. The molecule has 1 unspecified atom stereocenters. The van der Waals surface area contributed by atoms with Crippen molar-refractivity contribution >= 4 is 28.3 Å². The maximum atomic E-state index is 5.81. The molecule has 1 aromatic carbocycles. The lowest BCUT2D eigenvalue weighted by atomic mass is 10.1. The second-order valence-corrected chi connectivity index (χ2v) is 5.00. The maximum Gasteiger partial charge on any atom is 0.122 e. The summed E-state index contributed by atoms with van der Waals surface area (Å²) >= 11 is 3.45. The van der Waals surface area contributed by atoms with Crippen molar-refractivity contribution in [1.82, 2.24) is 5.32 Å². The fraction of sp³-hybridized carbons (Fsp3) is 0.500. The number of ether oxygens (including phenoxy) is 1. The minimum atomic E-state index is 0. The van der Waals surface area contributed by atoms with Crippen LogP contribution >= 0.6 is 28.3 Å². The Morgan fingerprint density at radius 1 is 1.50 bits per heavy atom. The molecule has 2 nitrogen and oxygen atoms in total. The third-order valence-corrected chi connectivity index (χ3v) is 3.27. The molecule has 90 valence electrons. The summed E-state index contributed by atoms with van der Waals surface area (Å²) in [7, 11) is 0. The van der Waals surface area contributed by atoms with Crippen LogP contribution in [-0.2, 0) is 0 Å². The minimum absolute atomic E-state index is 0. The van der Waals surface area contributed by atoms with E-state index in [-0.39, 0.29) is 12.4 Å². The van der Waals surface area contributed by atoms with Gasteiger partial charge in [-0.15, -0.1) is 12.4 Å². The van der Waals surface area contributed by atoms with Gasteiger partial charge in [0, 0.05) is 16.9 Å². The van der Waals surface area contributed by atoms with E-state index in [1.165, 1.54) is 12.0 Å². The summed E-state index contributed by atoms with van der Waals surface area (Å²) in [6.07, 6.45) is 1.23. The van der Waals surface area contributed by atoms with Crippen LogP contribution in [0.1, 0.15) is 12.0 Å². The van der Waals surface area contributed by atoms with E-state index in [1.807, 2.05) is 12.1 Å². The van der Waals surface area contributed by atoms with Crippen LogP contribution in [0.15, 0.2) is 22.7 Å². The fourth-order valence-corrected chi connectivity index (χ4v) is 2.31. The zero-order valence-electron chi connectivity index (χ0n) is 9.33. The standard InChI is InChI=1S/C12H16BrNO.ClH/c1-9-6-11(13)2-3-12(9)15-8-10-4-5-14-7-10;/h2-3,6,10,14H,4-5,7-8H2,1H3;1H. The molecular weight excluding hydrogens is 289 g/mol. The van der Waals surface area contributed by atoms with Gasteiger partial charge < -0.3 is 10.1 Å². The summed E-state index contributed by atoms with van der Waals surface area (Å²) in [5.41, 5.74) is 1.19. The first kappa shape index (κ1) is 13.8. The van der Waals surface area contributed by atoms with Crippen molar-refractivity contribution in [3.05, 3.63) is 28.2 Å². The van der Waals surface area contributed by atoms with E-state index in [0.29, 0.717) is 5.92 Å². The first-order chi connectivity index (χ1) is 7.25. The Balaban J connectivity index is 0.00000128. The highest BCUT2D eigenvalue weighted by atomic mass is 79.9. The van der Waals surface area contributed by atoms with Gasteiger partial charge >= 0.3 is 0 Å². The number of hydrogen-bond acceptors (Lipinski definition) is 2. The molecular formula is C12H17BrClNO. The second kappa shape index (κ2) is 6.48. The monoisotopic (exact) mass is 305 g/mol. The highest BCUT2D eigenvalue weighted by molar-refractivity contribution is 9.10. The molecule has 2 rings (SSSR count). The summed E-state index contributed by atoms with van der Waals surface area (Å²) < 4.78 is 6.92. The molecule has 1 aliphatic rings. The van der Waals surface area contributed by atoms with Crippen molar-refractivity contribution < 1.29 is 4.74 Å². The summed E-state index contributed by atoms with van der Waals surface area (Å²) in [5.74, 6) is 1.68. The third-order valence-electron chi connectivity index (χ3n) is 2.77. The normalized spacial score (nSPS) is 19.2. The van der Waals surface area contributed by atoms with Crippen molar-refractivity contribution in [1.29, 1.82) is 0 Å². The van der Waals surface area contributed by atoms with Crippen molar-refractivity contribution in [2.24, 2.45) is 5.92 Å². The Bertz CT molecular complexity index is 340. The Hall–Kier alpha value is -0.250. The number of benzene rings is 1. The molecule has 1 atom stereocenters. The van der Waals surface area contributed by atoms with Crippen molar-refractivity contribution in [3.8, 4) is 5.75 Å². The van der Waals surface area contributed by atoms with E-state index in [1.54, 1.807) is 0 Å². The van der Waals surface area contributed by atoms with Crippen LogP contribution in [0.25, 0.3) is 0 Å². The van der Waals surface area contributed by atoms with E-state index in [0.717, 1.165) is 29.9 Å². The molecule has 0 aromatic heterocycles. The molecule has 0 aliphatic carbocycles. The average Bonchev–Trinajstić information content (AvgIpc) is 2.69. The Morgan fingerprint density at radius 3 is 2.94 bits per heavy atom. The molecule has 1 N–H and O–H groups in total. The van der Waals surface area contributed by atoms with Crippen LogP contribution in [0, 0.1) is 12.8 Å². The van der Waals surface area contributed by atoms with Gasteiger partial charge in [-0.3, -0.25) is 0 Å². The van der Waals surface area contributed by atoms with Gasteiger partial charge in [0.15, 0.2) is 0 Å². The van der Waals surface area contributed by atoms with Crippen LogP contribution in [0.4, 0.5) is 0 Å². The molecule has 16 heavy (non-hydrogen) atoms. The van der Waals surface area contributed by atoms with Gasteiger partial charge in [0.05, 0.1) is 6.61 Å². The molecule has 0 saturated carbocycles. The topological polar surface area (TPSA) is 21.3 Å². The van der Waals surface area contributed by atoms with E-state index in [9.17, 15) is 0 Å². The molecule has 0 bridgehead atoms. The number of aryl methyl sites for hydroxylation is 1. The van der Waals surface area contributed by atoms with E-state index in [4.69, 9.17) is 4.74 Å². The predicted octanol–water partition coefficient (Wildman–Crippen LogP) is 3.17. The minimum Gasteiger partial charge on any atom is -0.493 e. The summed E-state index contributed by atoms with van der Waals surface area (Å²) in [6, 6.07) is 6.14. The van der Waals surface area contributed by atoms with Crippen molar-refractivity contribution in [2.45, 2.75) is 13.3 Å². The fourth-order valence-electron chi connectivity index (χ4n) is 1.84. The van der Waals surface area contributed by atoms with E-state index >= 15 is 0 Å². The van der Waals surface area contributed by atoms with Crippen LogP contribution in [0.3, 0.4) is 0 Å². The molecule has 1 fully saturated rings. The molecule has 1 saturated heterocycles. The van der Waals surface area contributed by atoms with Gasteiger partial charge in [0.1, 0.15) is 5.75 Å². The lowest BCUT2D eigenvalue weighted by Gasteiger charge is -2.12. The van der Waals surface area contributed by atoms with Crippen molar-refractivity contribution in [2.75, 3.05) is 19.7 Å². The number of hydrogen-bond donors (Lipinski definition) is 1. The number of rotatable bonds is 3. The number of nitrogens with one attached hydrogen (secondary N) is 1. The van der Waals surface area contributed by atoms with Gasteiger partial charge in [-0.25, -0.2) is 0 Å². The van der Waals surface area contributed by atoms with Crippen LogP contribution < -0.4 is 10.1 Å². The van der Waals surface area contributed by atoms with Crippen molar-refractivity contribution in [3.63, 3.8) is 0 Å². The van der Waals surface area contributed by atoms with Crippen LogP contribution in [0.2, 0.25) is 0 Å². The third kappa shape index (κ3) is 3.65. The lowest BCUT2D eigenvalue weighted by Crippen LogP contribution is -2.15. The quantitative estimate of drug-likeness (QED) is 0.926. The molecule has 0 radical (unpaired) electrons. The first-order valence-corrected chi connectivity index (χ1v) is 6.14. The smallest absolute Gasteiger partial charge is 0.122 e. The van der Waals surface area contributed by atoms with Gasteiger partial charge in [0.25, 0.3) is 0 Å². The van der Waals surface area contributed by atoms with Gasteiger partial charge in [0.2, 0.25) is 0 Å². The van der Waals surface area contributed by atoms with Gasteiger partial charge in [-0.2, -0.15) is 0 Å². The van der Waals surface area contributed by atoms with E-state index < -0.39 is 0 Å². The Morgan fingerprint density at radius 2 is 2.31 bits per heavy atom. The highest BCUT2D eigenvalue weighted by Crippen LogP contribution is 2.23. The molecule has 1 aliphatic heterocycles. The zero-order valence-corrected chi connectivity index (χ0v) is 11.7. The average molecular weight is 307 g/mol. The lowest BCUT2D eigenvalue weighted by molar-refractivity contribution is 0.258. The van der Waals surface area contributed by atoms with E-state index in [2.05, 4.69) is 34.2 Å². The summed E-state index contributed by atoms with van der Waals surface area (Å²) in [5, 5.41) is 3.34. The maximum absolute atomic E-state index is 5.81. The molecule has 0 amide bonds. The molecule has 1 heterocycles. The van der Waals surface area contributed by atoms with Crippen LogP contribution in [-0.4, -0.2) is 19.7 Å². The Labute approximate surface area is 111 Å². The first-order valence-electron chi connectivity index (χ1n) is 5.35. The Kier molecular flexibility index (Phi) is 5.59. The summed E-state index contributed by atoms with van der Waals surface area (Å²) in [4.78, 5) is 0. The van der Waals surface area contributed by atoms with Crippen LogP contribution in [0.5, 0.6) is 5.75 Å². The predicted molar refractivity (Wildman–Crippen MR) is 72.6 cm³/mol. The molecule has 0 spiro atoms. The number of halogens is 2. The largest absolute Gasteiger partial charge is 0.493 e. The summed E-state index contributed by atoms with van der Waals surface area (Å²) in [6.45, 7) is 5.13. The molecule has 1 aromatic rings. The molecule has 4 heteroatoms. The highest BCUT2D eigenvalue weighted by Gasteiger charge is 2.15. The van der Waals surface area contributed by atoms with Gasteiger partial charge in [-0.1, -0.05) is 15.9 Å². The zero-order chi connectivity index (χ0) is 10.7.